The maximum Gasteiger partial charge on any atom is 0.220 e. The third-order valence-electron chi connectivity index (χ3n) is 2.53. The molecule has 0 unspecified atom stereocenters. The standard InChI is InChI=1S/C10H19NO/c1-10(2,3)8-6-4-5-7-9(12)11-8/h8H,4-7H2,1-3H3,(H,11,12)/t8-/m0/s1. The lowest BCUT2D eigenvalue weighted by Gasteiger charge is -2.30. The molecular weight excluding hydrogens is 150 g/mol. The molecule has 2 nitrogen and oxygen atoms in total. The van der Waals surface area contributed by atoms with E-state index < -0.39 is 0 Å². The largest absolute Gasteiger partial charge is 0.353 e. The van der Waals surface area contributed by atoms with Crippen LogP contribution in [0.15, 0.2) is 0 Å². The Hall–Kier alpha value is -0.530. The Morgan fingerprint density at radius 3 is 2.58 bits per heavy atom. The predicted octanol–water partition coefficient (Wildman–Crippen LogP) is 2.09. The minimum absolute atomic E-state index is 0.208. The molecule has 1 fully saturated rings. The molecule has 1 rings (SSSR count). The van der Waals surface area contributed by atoms with E-state index in [0.717, 1.165) is 12.8 Å². The number of carbonyl (C=O) groups excluding carboxylic acids is 1. The highest BCUT2D eigenvalue weighted by Crippen LogP contribution is 2.25. The van der Waals surface area contributed by atoms with E-state index in [-0.39, 0.29) is 11.3 Å². The summed E-state index contributed by atoms with van der Waals surface area (Å²) in [6, 6.07) is 0.368. The molecule has 70 valence electrons. The minimum atomic E-state index is 0.208. The summed E-state index contributed by atoms with van der Waals surface area (Å²) in [5.41, 5.74) is 0.208. The number of nitrogens with one attached hydrogen (secondary N) is 1. The van der Waals surface area contributed by atoms with Crippen molar-refractivity contribution >= 4 is 5.91 Å². The van der Waals surface area contributed by atoms with Crippen molar-refractivity contribution in [2.24, 2.45) is 5.41 Å². The molecule has 1 N–H and O–H groups in total. The van der Waals surface area contributed by atoms with Crippen molar-refractivity contribution in [1.29, 1.82) is 0 Å². The molecule has 1 aliphatic heterocycles. The second-order valence-electron chi connectivity index (χ2n) is 4.73. The van der Waals surface area contributed by atoms with Gasteiger partial charge in [0.25, 0.3) is 0 Å². The molecule has 12 heavy (non-hydrogen) atoms. The summed E-state index contributed by atoms with van der Waals surface area (Å²) in [7, 11) is 0. The highest BCUT2D eigenvalue weighted by atomic mass is 16.1. The first kappa shape index (κ1) is 9.56. The van der Waals surface area contributed by atoms with E-state index in [9.17, 15) is 4.79 Å². The Balaban J connectivity index is 2.58. The summed E-state index contributed by atoms with van der Waals surface area (Å²) in [6.07, 6.45) is 4.08. The van der Waals surface area contributed by atoms with Crippen LogP contribution in [0.2, 0.25) is 0 Å². The SMILES string of the molecule is CC(C)(C)[C@@H]1CCCCC(=O)N1. The van der Waals surface area contributed by atoms with E-state index in [1.54, 1.807) is 0 Å². The summed E-state index contributed by atoms with van der Waals surface area (Å²) in [5.74, 6) is 0.229. The van der Waals surface area contributed by atoms with Crippen molar-refractivity contribution in [1.82, 2.24) is 5.32 Å². The van der Waals surface area contributed by atoms with Crippen LogP contribution in [-0.2, 0) is 4.79 Å². The summed E-state index contributed by atoms with van der Waals surface area (Å²) in [4.78, 5) is 11.2. The number of amides is 1. The average molecular weight is 169 g/mol. The predicted molar refractivity (Wildman–Crippen MR) is 49.9 cm³/mol. The van der Waals surface area contributed by atoms with Crippen LogP contribution in [-0.4, -0.2) is 11.9 Å². The van der Waals surface area contributed by atoms with Gasteiger partial charge in [-0.15, -0.1) is 0 Å². The zero-order chi connectivity index (χ0) is 9.19. The van der Waals surface area contributed by atoms with Gasteiger partial charge in [0, 0.05) is 12.5 Å². The average Bonchev–Trinajstić information content (AvgIpc) is 2.11. The van der Waals surface area contributed by atoms with Gasteiger partial charge >= 0.3 is 0 Å². The topological polar surface area (TPSA) is 29.1 Å². The van der Waals surface area contributed by atoms with Crippen LogP contribution in [0, 0.1) is 5.41 Å². The van der Waals surface area contributed by atoms with Gasteiger partial charge in [-0.2, -0.15) is 0 Å². The van der Waals surface area contributed by atoms with Crippen molar-refractivity contribution in [3.63, 3.8) is 0 Å². The van der Waals surface area contributed by atoms with E-state index in [4.69, 9.17) is 0 Å². The molecule has 0 bridgehead atoms. The molecule has 1 atom stereocenters. The summed E-state index contributed by atoms with van der Waals surface area (Å²) < 4.78 is 0. The zero-order valence-corrected chi connectivity index (χ0v) is 8.31. The Bertz CT molecular complexity index is 169. The number of hydrogen-bond donors (Lipinski definition) is 1. The second kappa shape index (κ2) is 3.46. The number of rotatable bonds is 0. The highest BCUT2D eigenvalue weighted by Gasteiger charge is 2.27. The molecule has 0 saturated carbocycles. The van der Waals surface area contributed by atoms with Gasteiger partial charge in [0.05, 0.1) is 0 Å². The van der Waals surface area contributed by atoms with Crippen LogP contribution in [0.25, 0.3) is 0 Å². The molecule has 1 heterocycles. The third kappa shape index (κ3) is 2.50. The summed E-state index contributed by atoms with van der Waals surface area (Å²) in [5, 5.41) is 3.08. The first-order valence-electron chi connectivity index (χ1n) is 4.79. The lowest BCUT2D eigenvalue weighted by Crippen LogP contribution is -2.42. The maximum atomic E-state index is 11.2. The molecule has 0 aromatic heterocycles. The zero-order valence-electron chi connectivity index (χ0n) is 8.31. The van der Waals surface area contributed by atoms with Crippen LogP contribution < -0.4 is 5.32 Å². The Morgan fingerprint density at radius 1 is 1.33 bits per heavy atom. The number of carbonyl (C=O) groups is 1. The minimum Gasteiger partial charge on any atom is -0.353 e. The lowest BCUT2D eigenvalue weighted by atomic mass is 9.84. The normalized spacial score (nSPS) is 26.2. The number of hydrogen-bond acceptors (Lipinski definition) is 1. The second-order valence-corrected chi connectivity index (χ2v) is 4.73. The van der Waals surface area contributed by atoms with E-state index in [0.29, 0.717) is 12.5 Å². The van der Waals surface area contributed by atoms with E-state index in [1.165, 1.54) is 6.42 Å². The van der Waals surface area contributed by atoms with Gasteiger partial charge in [0.15, 0.2) is 0 Å². The van der Waals surface area contributed by atoms with Gasteiger partial charge in [-0.1, -0.05) is 27.2 Å². The van der Waals surface area contributed by atoms with Gasteiger partial charge in [-0.25, -0.2) is 0 Å². The van der Waals surface area contributed by atoms with Gasteiger partial charge in [0.2, 0.25) is 5.91 Å². The molecule has 0 radical (unpaired) electrons. The smallest absolute Gasteiger partial charge is 0.220 e. The van der Waals surface area contributed by atoms with Crippen molar-refractivity contribution < 1.29 is 4.79 Å². The van der Waals surface area contributed by atoms with E-state index in [1.807, 2.05) is 0 Å². The first-order valence-corrected chi connectivity index (χ1v) is 4.79. The molecule has 1 saturated heterocycles. The lowest BCUT2D eigenvalue weighted by molar-refractivity contribution is -0.122. The molecular formula is C10H19NO. The van der Waals surface area contributed by atoms with Crippen molar-refractivity contribution in [2.75, 3.05) is 0 Å². The molecule has 1 amide bonds. The van der Waals surface area contributed by atoms with Crippen LogP contribution >= 0.6 is 0 Å². The van der Waals surface area contributed by atoms with Crippen LogP contribution in [0.3, 0.4) is 0 Å². The molecule has 2 heteroatoms. The quantitative estimate of drug-likeness (QED) is 0.591. The maximum absolute atomic E-state index is 11.2. The van der Waals surface area contributed by atoms with Gasteiger partial charge in [0.1, 0.15) is 0 Å². The fourth-order valence-electron chi connectivity index (χ4n) is 1.62. The molecule has 1 aliphatic rings. The fourth-order valence-corrected chi connectivity index (χ4v) is 1.62. The summed E-state index contributed by atoms with van der Waals surface area (Å²) in [6.45, 7) is 6.55. The molecule has 0 aromatic rings. The fraction of sp³-hybridized carbons (Fsp3) is 0.900. The molecule has 0 aliphatic carbocycles. The van der Waals surface area contributed by atoms with Crippen molar-refractivity contribution in [3.05, 3.63) is 0 Å². The van der Waals surface area contributed by atoms with Gasteiger partial charge in [-0.3, -0.25) is 4.79 Å². The first-order chi connectivity index (χ1) is 5.50. The third-order valence-corrected chi connectivity index (χ3v) is 2.53. The van der Waals surface area contributed by atoms with Crippen molar-refractivity contribution in [3.8, 4) is 0 Å². The van der Waals surface area contributed by atoms with E-state index >= 15 is 0 Å². The Kier molecular flexibility index (Phi) is 2.76. The van der Waals surface area contributed by atoms with Crippen LogP contribution in [0.1, 0.15) is 46.5 Å². The Morgan fingerprint density at radius 2 is 2.00 bits per heavy atom. The van der Waals surface area contributed by atoms with Crippen molar-refractivity contribution in [2.45, 2.75) is 52.5 Å². The van der Waals surface area contributed by atoms with Crippen LogP contribution in [0.4, 0.5) is 0 Å². The highest BCUT2D eigenvalue weighted by molar-refractivity contribution is 5.76. The molecule has 0 spiro atoms. The Labute approximate surface area is 74.7 Å². The van der Waals surface area contributed by atoms with Gasteiger partial charge < -0.3 is 5.32 Å². The van der Waals surface area contributed by atoms with Gasteiger partial charge in [-0.05, 0) is 18.3 Å². The summed E-state index contributed by atoms with van der Waals surface area (Å²) >= 11 is 0. The van der Waals surface area contributed by atoms with E-state index in [2.05, 4.69) is 26.1 Å². The monoisotopic (exact) mass is 169 g/mol. The molecule has 0 aromatic carbocycles. The van der Waals surface area contributed by atoms with Crippen LogP contribution in [0.5, 0.6) is 0 Å².